The van der Waals surface area contributed by atoms with Crippen LogP contribution in [0, 0.1) is 0 Å². The zero-order chi connectivity index (χ0) is 44.6. The molecule has 0 N–H and O–H groups in total. The average molecular weight is 892 g/mol. The van der Waals surface area contributed by atoms with Gasteiger partial charge >= 0.3 is 96.5 Å². The molecule has 324 valence electrons. The fourth-order valence-corrected chi connectivity index (χ4v) is 2.54. The minimum Gasteiger partial charge on any atom is -0.464 e. The third-order valence-corrected chi connectivity index (χ3v) is 5.22. The third-order valence-electron chi connectivity index (χ3n) is 5.22. The molecule has 0 fully saturated rings. The highest BCUT2D eigenvalue weighted by Gasteiger charge is 2.91. The molecule has 0 aliphatic carbocycles. The summed E-state index contributed by atoms with van der Waals surface area (Å²) >= 11 is 0. The molecule has 0 radical (unpaired) electrons. The molecular weight excluding hydrogens is 889 g/mol. The molecule has 0 aromatic carbocycles. The summed E-state index contributed by atoms with van der Waals surface area (Å²) in [7, 11) is -0.545. The van der Waals surface area contributed by atoms with Gasteiger partial charge in [0.25, 0.3) is 0 Å². The molecule has 0 spiro atoms. The molecule has 0 aliphatic heterocycles. The molecule has 4 atom stereocenters. The second-order valence-electron chi connectivity index (χ2n) is 8.99. The molecule has 0 aromatic heterocycles. The van der Waals surface area contributed by atoms with Gasteiger partial charge in [0.2, 0.25) is 0 Å². The van der Waals surface area contributed by atoms with Crippen LogP contribution in [0.3, 0.4) is 0 Å². The molecule has 54 heavy (non-hydrogen) atoms. The largest absolute Gasteiger partial charge is 0.464 e. The molecule has 0 heterocycles. The van der Waals surface area contributed by atoms with Crippen LogP contribution in [-0.4, -0.2) is 104 Å². The summed E-state index contributed by atoms with van der Waals surface area (Å²) in [4.78, 5) is 10.8. The van der Waals surface area contributed by atoms with E-state index in [4.69, 9.17) is 0 Å². The van der Waals surface area contributed by atoms with Crippen LogP contribution in [0.2, 0.25) is 0 Å². The first kappa shape index (κ1) is 51.1. The highest BCUT2D eigenvalue weighted by atomic mass is 19.4. The summed E-state index contributed by atoms with van der Waals surface area (Å²) in [6.45, 7) is 0. The van der Waals surface area contributed by atoms with Gasteiger partial charge in [0.05, 0.1) is 7.11 Å². The summed E-state index contributed by atoms with van der Waals surface area (Å²) in [5.74, 6) is -56.4. The molecular formula is C17H3F31O6. The Morgan fingerprint density at radius 2 is 0.519 bits per heavy atom. The second-order valence-corrected chi connectivity index (χ2v) is 8.99. The van der Waals surface area contributed by atoms with E-state index in [0.717, 1.165) is 18.9 Å². The van der Waals surface area contributed by atoms with Crippen molar-refractivity contribution >= 4 is 5.97 Å². The molecule has 4 unspecified atom stereocenters. The molecule has 0 saturated carbocycles. The van der Waals surface area contributed by atoms with Gasteiger partial charge < -0.3 is 4.74 Å². The van der Waals surface area contributed by atoms with Crippen molar-refractivity contribution in [3.63, 3.8) is 0 Å². The lowest BCUT2D eigenvalue weighted by Crippen LogP contribution is -2.72. The van der Waals surface area contributed by atoms with Gasteiger partial charge in [-0.3, -0.25) is 18.9 Å². The van der Waals surface area contributed by atoms with Gasteiger partial charge in [-0.15, -0.1) is 0 Å². The average Bonchev–Trinajstić information content (AvgIpc) is 2.87. The second kappa shape index (κ2) is 13.4. The van der Waals surface area contributed by atoms with Crippen molar-refractivity contribution in [3.8, 4) is 0 Å². The maximum absolute atomic E-state index is 14.5. The Bertz CT molecular complexity index is 1340. The van der Waals surface area contributed by atoms with Crippen LogP contribution in [0.4, 0.5) is 136 Å². The van der Waals surface area contributed by atoms with Gasteiger partial charge in [-0.25, -0.2) is 4.79 Å². The van der Waals surface area contributed by atoms with Crippen LogP contribution in [-0.2, 0) is 28.5 Å². The third kappa shape index (κ3) is 8.02. The van der Waals surface area contributed by atoms with E-state index in [1.165, 1.54) is 0 Å². The Morgan fingerprint density at radius 1 is 0.315 bits per heavy atom. The van der Waals surface area contributed by atoms with Gasteiger partial charge in [0, 0.05) is 0 Å². The van der Waals surface area contributed by atoms with Gasteiger partial charge in [-0.1, -0.05) is 0 Å². The molecule has 0 aliphatic rings. The van der Waals surface area contributed by atoms with E-state index in [-0.39, 0.29) is 0 Å². The molecule has 0 bridgehead atoms. The number of hydrogen-bond donors (Lipinski definition) is 0. The highest BCUT2D eigenvalue weighted by molar-refractivity contribution is 5.79. The minimum absolute atomic E-state index is 0.545. The first-order chi connectivity index (χ1) is 22.8. The number of methoxy groups -OCH3 is 1. The smallest absolute Gasteiger partial charge is 0.462 e. The molecule has 0 amide bonds. The number of esters is 1. The molecule has 0 rings (SSSR count). The first-order valence-electron chi connectivity index (χ1n) is 11.1. The van der Waals surface area contributed by atoms with Gasteiger partial charge in [0.1, 0.15) is 0 Å². The summed E-state index contributed by atoms with van der Waals surface area (Å²) in [5, 5.41) is 0. The van der Waals surface area contributed by atoms with Crippen LogP contribution in [0.15, 0.2) is 0 Å². The Balaban J connectivity index is 7.87. The fraction of sp³-hybridized carbons (Fsp3) is 0.941. The maximum Gasteiger partial charge on any atom is 0.462 e. The van der Waals surface area contributed by atoms with E-state index in [1.807, 2.05) is 0 Å². The maximum atomic E-state index is 14.5. The van der Waals surface area contributed by atoms with E-state index >= 15 is 0 Å². The molecule has 0 aromatic rings. The predicted molar refractivity (Wildman–Crippen MR) is 91.7 cm³/mol. The van der Waals surface area contributed by atoms with Crippen molar-refractivity contribution in [3.05, 3.63) is 0 Å². The van der Waals surface area contributed by atoms with Crippen LogP contribution in [0.25, 0.3) is 0 Å². The Morgan fingerprint density at radius 3 is 0.704 bits per heavy atom. The summed E-state index contributed by atoms with van der Waals surface area (Å²) in [6.07, 6.45) is -79.3. The van der Waals surface area contributed by atoms with Gasteiger partial charge in [-0.2, -0.15) is 136 Å². The Labute approximate surface area is 269 Å². The summed E-state index contributed by atoms with van der Waals surface area (Å²) in [6, 6.07) is 0. The van der Waals surface area contributed by atoms with Crippen molar-refractivity contribution < 1.29 is 165 Å². The van der Waals surface area contributed by atoms with Gasteiger partial charge in [0.15, 0.2) is 0 Å². The number of halogens is 31. The van der Waals surface area contributed by atoms with Crippen molar-refractivity contribution in [2.45, 2.75) is 90.6 Å². The zero-order valence-corrected chi connectivity index (χ0v) is 23.2. The number of hydrogen-bond acceptors (Lipinski definition) is 6. The quantitative estimate of drug-likeness (QED) is 0.128. The minimum atomic E-state index is -9.39. The van der Waals surface area contributed by atoms with E-state index in [1.54, 1.807) is 0 Å². The van der Waals surface area contributed by atoms with E-state index in [0.29, 0.717) is 0 Å². The fourth-order valence-electron chi connectivity index (χ4n) is 2.54. The van der Waals surface area contributed by atoms with Crippen LogP contribution >= 0.6 is 0 Å². The topological polar surface area (TPSA) is 63.2 Å². The lowest BCUT2D eigenvalue weighted by Gasteiger charge is -2.44. The number of ether oxygens (including phenoxy) is 5. The first-order valence-corrected chi connectivity index (χ1v) is 11.1. The highest BCUT2D eigenvalue weighted by Crippen LogP contribution is 2.61. The van der Waals surface area contributed by atoms with Crippen molar-refractivity contribution in [2.75, 3.05) is 7.11 Å². The standard InChI is InChI=1S/C17H3F31O6/c1-50-2(49)3(18,19)5(22,10(29,30)31)51-15(43,44)7(24,12(35,36)37)53-17(47,48)8(25,13(38,39)40)54-16(45,46)6(23,11(32,33)34)52-14(41,42)4(20,21)9(26,27)28/h1H3. The van der Waals surface area contributed by atoms with Gasteiger partial charge in [-0.05, 0) is 0 Å². The van der Waals surface area contributed by atoms with Crippen LogP contribution < -0.4 is 0 Å². The number of rotatable bonds is 14. The SMILES string of the molecule is COC(=O)C(F)(F)C(F)(OC(F)(F)C(F)(OC(F)(F)C(F)(OC(F)(F)C(F)(OC(F)(F)C(F)(F)C(F)(F)F)C(F)(F)F)C(F)(F)F)C(F)(F)F)C(F)(F)F. The lowest BCUT2D eigenvalue weighted by atomic mass is 10.1. The van der Waals surface area contributed by atoms with Crippen molar-refractivity contribution in [1.29, 1.82) is 0 Å². The van der Waals surface area contributed by atoms with Crippen LogP contribution in [0.1, 0.15) is 0 Å². The predicted octanol–water partition coefficient (Wildman–Crippen LogP) is 9.34. The van der Waals surface area contributed by atoms with Crippen molar-refractivity contribution in [1.82, 2.24) is 0 Å². The Kier molecular flexibility index (Phi) is 12.7. The monoisotopic (exact) mass is 892 g/mol. The van der Waals surface area contributed by atoms with E-state index in [9.17, 15) is 141 Å². The normalized spacial score (nSPS) is 20.1. The Hall–Kier alpha value is -2.86. The molecule has 6 nitrogen and oxygen atoms in total. The summed E-state index contributed by atoms with van der Waals surface area (Å²) in [5.41, 5.74) is 0. The summed E-state index contributed by atoms with van der Waals surface area (Å²) < 4.78 is 420. The van der Waals surface area contributed by atoms with E-state index < -0.39 is 104 Å². The number of carbonyl (C=O) groups is 1. The number of carbonyl (C=O) groups excluding carboxylic acids is 1. The lowest BCUT2D eigenvalue weighted by molar-refractivity contribution is -0.594. The number of alkyl halides is 31. The van der Waals surface area contributed by atoms with Crippen molar-refractivity contribution in [2.24, 2.45) is 0 Å². The molecule has 37 heteroatoms. The zero-order valence-electron chi connectivity index (χ0n) is 23.2. The molecule has 0 saturated heterocycles. The van der Waals surface area contributed by atoms with E-state index in [2.05, 4.69) is 4.74 Å². The van der Waals surface area contributed by atoms with Crippen LogP contribution in [0.5, 0.6) is 0 Å².